The van der Waals surface area contributed by atoms with Crippen molar-refractivity contribution in [2.45, 2.75) is 38.7 Å². The molecule has 1 saturated heterocycles. The Morgan fingerprint density at radius 3 is 2.50 bits per heavy atom. The van der Waals surface area contributed by atoms with Crippen molar-refractivity contribution in [1.82, 2.24) is 19.8 Å². The molecule has 3 heterocycles. The number of amides is 1. The smallest absolute Gasteiger partial charge is 0.450 e. The highest BCUT2D eigenvalue weighted by atomic mass is 16.7. The van der Waals surface area contributed by atoms with Gasteiger partial charge < -0.3 is 20.5 Å². The number of benzene rings is 3. The molecule has 192 valence electrons. The minimum absolute atomic E-state index is 0.0595. The molecule has 0 spiro atoms. The van der Waals surface area contributed by atoms with E-state index in [0.29, 0.717) is 37.0 Å². The minimum atomic E-state index is -1.26. The van der Waals surface area contributed by atoms with Crippen LogP contribution in [0.4, 0.5) is 10.7 Å². The predicted octanol–water partition coefficient (Wildman–Crippen LogP) is 4.65. The van der Waals surface area contributed by atoms with E-state index in [9.17, 15) is 9.59 Å². The molecule has 1 atom stereocenters. The van der Waals surface area contributed by atoms with Crippen LogP contribution < -0.4 is 5.73 Å². The fourth-order valence-corrected chi connectivity index (χ4v) is 5.49. The SMILES string of the molecule is Nc1nc(C(=O)N2Cc3ccccc3C2)c2cc(-c3ccccc3CN3CCCC3OC(=O)O)ccc2n1. The van der Waals surface area contributed by atoms with Gasteiger partial charge in [-0.2, -0.15) is 0 Å². The van der Waals surface area contributed by atoms with Crippen LogP contribution >= 0.6 is 0 Å². The number of nitrogens with two attached hydrogens (primary N) is 1. The fraction of sp³-hybridized carbons (Fsp3) is 0.241. The van der Waals surface area contributed by atoms with E-state index in [4.69, 9.17) is 15.6 Å². The molecule has 2 aliphatic heterocycles. The number of rotatable bonds is 5. The average Bonchev–Trinajstić information content (AvgIpc) is 3.54. The Hall–Kier alpha value is -4.50. The van der Waals surface area contributed by atoms with Gasteiger partial charge in [0.25, 0.3) is 5.91 Å². The van der Waals surface area contributed by atoms with Crippen LogP contribution in [-0.4, -0.2) is 49.7 Å². The number of anilines is 1. The topological polar surface area (TPSA) is 122 Å². The van der Waals surface area contributed by atoms with Gasteiger partial charge in [-0.15, -0.1) is 0 Å². The van der Waals surface area contributed by atoms with Crippen molar-refractivity contribution >= 4 is 28.9 Å². The Morgan fingerprint density at radius 2 is 1.74 bits per heavy atom. The van der Waals surface area contributed by atoms with Crippen molar-refractivity contribution in [3.63, 3.8) is 0 Å². The van der Waals surface area contributed by atoms with Crippen LogP contribution in [0.1, 0.15) is 40.0 Å². The van der Waals surface area contributed by atoms with Crippen molar-refractivity contribution < 1.29 is 19.4 Å². The molecule has 0 saturated carbocycles. The lowest BCUT2D eigenvalue weighted by Gasteiger charge is -2.24. The second-order valence-corrected chi connectivity index (χ2v) is 9.70. The maximum atomic E-state index is 13.7. The zero-order valence-electron chi connectivity index (χ0n) is 20.7. The van der Waals surface area contributed by atoms with E-state index in [1.165, 1.54) is 0 Å². The van der Waals surface area contributed by atoms with E-state index in [1.54, 1.807) is 4.90 Å². The number of fused-ring (bicyclic) bond motifs is 2. The third-order valence-corrected chi connectivity index (χ3v) is 7.29. The van der Waals surface area contributed by atoms with Gasteiger partial charge in [0.15, 0.2) is 6.23 Å². The quantitative estimate of drug-likeness (QED) is 0.373. The monoisotopic (exact) mass is 509 g/mol. The summed E-state index contributed by atoms with van der Waals surface area (Å²) in [6, 6.07) is 21.8. The van der Waals surface area contributed by atoms with Gasteiger partial charge in [0.05, 0.1) is 5.52 Å². The Bertz CT molecular complexity index is 1530. The first-order chi connectivity index (χ1) is 18.5. The second-order valence-electron chi connectivity index (χ2n) is 9.70. The molecule has 9 heteroatoms. The van der Waals surface area contributed by atoms with E-state index >= 15 is 0 Å². The van der Waals surface area contributed by atoms with Gasteiger partial charge in [0.2, 0.25) is 5.95 Å². The zero-order chi connectivity index (χ0) is 26.2. The van der Waals surface area contributed by atoms with Gasteiger partial charge in [-0.1, -0.05) is 54.6 Å². The molecule has 1 unspecified atom stereocenters. The minimum Gasteiger partial charge on any atom is -0.450 e. The average molecular weight is 510 g/mol. The molecule has 4 aromatic rings. The number of ether oxygens (including phenoxy) is 1. The van der Waals surface area contributed by atoms with Gasteiger partial charge in [-0.05, 0) is 52.8 Å². The number of carboxylic acid groups (broad SMARTS) is 1. The fourth-order valence-electron chi connectivity index (χ4n) is 5.49. The molecule has 2 aliphatic rings. The van der Waals surface area contributed by atoms with Crippen molar-refractivity contribution in [2.75, 3.05) is 12.3 Å². The highest BCUT2D eigenvalue weighted by Gasteiger charge is 2.29. The summed E-state index contributed by atoms with van der Waals surface area (Å²) in [5.41, 5.74) is 12.1. The summed E-state index contributed by atoms with van der Waals surface area (Å²) in [4.78, 5) is 37.4. The lowest BCUT2D eigenvalue weighted by Crippen LogP contribution is -2.32. The predicted molar refractivity (Wildman–Crippen MR) is 142 cm³/mol. The Balaban J connectivity index is 1.35. The number of aromatic nitrogens is 2. The largest absolute Gasteiger partial charge is 0.507 e. The molecule has 1 amide bonds. The molecule has 6 rings (SSSR count). The number of carbonyl (C=O) groups is 2. The van der Waals surface area contributed by atoms with Crippen molar-refractivity contribution in [1.29, 1.82) is 0 Å². The first-order valence-electron chi connectivity index (χ1n) is 12.6. The third kappa shape index (κ3) is 4.52. The van der Waals surface area contributed by atoms with Gasteiger partial charge in [-0.25, -0.2) is 14.8 Å². The number of nitrogens with zero attached hydrogens (tertiary/aromatic N) is 4. The summed E-state index contributed by atoms with van der Waals surface area (Å²) in [5.74, 6) is -0.124. The van der Waals surface area contributed by atoms with Gasteiger partial charge in [0, 0.05) is 31.6 Å². The number of likely N-dealkylation sites (tertiary alicyclic amines) is 1. The first-order valence-corrected chi connectivity index (χ1v) is 12.6. The lowest BCUT2D eigenvalue weighted by atomic mass is 9.97. The van der Waals surface area contributed by atoms with Crippen molar-refractivity contribution in [3.8, 4) is 11.1 Å². The summed E-state index contributed by atoms with van der Waals surface area (Å²) in [6.45, 7) is 2.35. The van der Waals surface area contributed by atoms with Crippen LogP contribution in [0.5, 0.6) is 0 Å². The molecule has 38 heavy (non-hydrogen) atoms. The molecule has 1 aromatic heterocycles. The molecule has 0 aliphatic carbocycles. The number of carbonyl (C=O) groups excluding carboxylic acids is 1. The van der Waals surface area contributed by atoms with Crippen molar-refractivity contribution in [3.05, 3.63) is 89.1 Å². The van der Waals surface area contributed by atoms with Crippen LogP contribution in [0.3, 0.4) is 0 Å². The maximum absolute atomic E-state index is 13.7. The van der Waals surface area contributed by atoms with E-state index in [1.807, 2.05) is 71.6 Å². The number of hydrogen-bond acceptors (Lipinski definition) is 7. The summed E-state index contributed by atoms with van der Waals surface area (Å²) in [7, 11) is 0. The lowest BCUT2D eigenvalue weighted by molar-refractivity contribution is -0.0168. The van der Waals surface area contributed by atoms with E-state index < -0.39 is 12.4 Å². The van der Waals surface area contributed by atoms with E-state index in [-0.39, 0.29) is 17.5 Å². The highest BCUT2D eigenvalue weighted by molar-refractivity contribution is 6.06. The van der Waals surface area contributed by atoms with Gasteiger partial charge in [-0.3, -0.25) is 9.69 Å². The second kappa shape index (κ2) is 9.75. The normalized spacial score (nSPS) is 17.1. The third-order valence-electron chi connectivity index (χ3n) is 7.29. The van der Waals surface area contributed by atoms with E-state index in [2.05, 4.69) is 9.97 Å². The van der Waals surface area contributed by atoms with Crippen LogP contribution in [0.2, 0.25) is 0 Å². The summed E-state index contributed by atoms with van der Waals surface area (Å²) >= 11 is 0. The van der Waals surface area contributed by atoms with Crippen LogP contribution in [0.15, 0.2) is 66.7 Å². The Labute approximate surface area is 219 Å². The number of nitrogen functional groups attached to an aromatic ring is 1. The van der Waals surface area contributed by atoms with Gasteiger partial charge in [0.1, 0.15) is 5.69 Å². The molecule has 0 radical (unpaired) electrons. The molecule has 1 fully saturated rings. The van der Waals surface area contributed by atoms with Crippen LogP contribution in [0.25, 0.3) is 22.0 Å². The Kier molecular flexibility index (Phi) is 6.13. The summed E-state index contributed by atoms with van der Waals surface area (Å²) in [6.07, 6.45) is -0.167. The van der Waals surface area contributed by atoms with Crippen LogP contribution in [-0.2, 0) is 24.4 Å². The molecule has 3 N–H and O–H groups in total. The maximum Gasteiger partial charge on any atom is 0.507 e. The Morgan fingerprint density at radius 1 is 1.00 bits per heavy atom. The van der Waals surface area contributed by atoms with Gasteiger partial charge >= 0.3 is 6.16 Å². The summed E-state index contributed by atoms with van der Waals surface area (Å²) in [5, 5.41) is 9.75. The molecule has 0 bridgehead atoms. The molecule has 9 nitrogen and oxygen atoms in total. The summed E-state index contributed by atoms with van der Waals surface area (Å²) < 4.78 is 5.10. The standard InChI is InChI=1S/C29H27N5O4/c30-28-31-24-12-11-18(22-9-4-3-8-21(22)17-33-13-5-10-25(33)38-29(36)37)14-23(24)26(32-28)27(35)34-15-19-6-1-2-7-20(19)16-34/h1-4,6-9,11-12,14,25H,5,10,13,15-17H2,(H,36,37)(H2,30,31,32). The van der Waals surface area contributed by atoms with E-state index in [0.717, 1.165) is 40.8 Å². The zero-order valence-corrected chi connectivity index (χ0v) is 20.7. The first kappa shape index (κ1) is 23.9. The molecular weight excluding hydrogens is 482 g/mol. The van der Waals surface area contributed by atoms with Crippen molar-refractivity contribution in [2.24, 2.45) is 0 Å². The molecular formula is C29H27N5O4. The molecule has 3 aromatic carbocycles. The van der Waals surface area contributed by atoms with Crippen LogP contribution in [0, 0.1) is 0 Å². The number of hydrogen-bond donors (Lipinski definition) is 2. The highest BCUT2D eigenvalue weighted by Crippen LogP contribution is 2.32.